The van der Waals surface area contributed by atoms with Crippen molar-refractivity contribution in [1.82, 2.24) is 20.1 Å². The van der Waals surface area contributed by atoms with Gasteiger partial charge in [0.05, 0.1) is 23.0 Å². The number of pyridine rings is 1. The quantitative estimate of drug-likeness (QED) is 0.530. The Balaban J connectivity index is 1.72. The fourth-order valence-electron chi connectivity index (χ4n) is 4.43. The number of nitrogens with zero attached hydrogens (tertiary/aromatic N) is 3. The van der Waals surface area contributed by atoms with E-state index < -0.39 is 11.4 Å². The second-order valence-corrected chi connectivity index (χ2v) is 8.17. The van der Waals surface area contributed by atoms with Gasteiger partial charge in [0.2, 0.25) is 0 Å². The van der Waals surface area contributed by atoms with Crippen LogP contribution in [0.15, 0.2) is 65.7 Å². The summed E-state index contributed by atoms with van der Waals surface area (Å²) in [6.07, 6.45) is 3.48. The number of nitrogens with one attached hydrogen (secondary N) is 2. The van der Waals surface area contributed by atoms with Crippen LogP contribution in [0, 0.1) is 5.82 Å². The first-order chi connectivity index (χ1) is 15.0. The minimum atomic E-state index is -0.461. The van der Waals surface area contributed by atoms with E-state index in [1.54, 1.807) is 12.4 Å². The normalized spacial score (nSPS) is 17.7. The number of hydrogen-bond donors (Lipinski definition) is 2. The van der Waals surface area contributed by atoms with E-state index in [4.69, 9.17) is 0 Å². The second-order valence-electron chi connectivity index (χ2n) is 8.17. The van der Waals surface area contributed by atoms with Crippen LogP contribution in [0.3, 0.4) is 0 Å². The van der Waals surface area contributed by atoms with E-state index in [2.05, 4.69) is 49.7 Å². The molecule has 6 nitrogen and oxygen atoms in total. The summed E-state index contributed by atoms with van der Waals surface area (Å²) < 4.78 is 14.3. The molecule has 2 aromatic carbocycles. The smallest absolute Gasteiger partial charge is 0.272 e. The molecule has 4 aromatic rings. The zero-order valence-corrected chi connectivity index (χ0v) is 17.3. The highest BCUT2D eigenvalue weighted by atomic mass is 19.1. The Morgan fingerprint density at radius 3 is 2.48 bits per heavy atom. The molecule has 1 aliphatic rings. The van der Waals surface area contributed by atoms with Crippen LogP contribution in [0.5, 0.6) is 0 Å². The van der Waals surface area contributed by atoms with E-state index in [0.29, 0.717) is 16.5 Å². The van der Waals surface area contributed by atoms with Crippen molar-refractivity contribution < 1.29 is 4.39 Å². The Bertz CT molecular complexity index is 1300. The van der Waals surface area contributed by atoms with Gasteiger partial charge in [-0.25, -0.2) is 9.49 Å². The Labute approximate surface area is 178 Å². The van der Waals surface area contributed by atoms with E-state index in [1.807, 2.05) is 26.2 Å². The first kappa shape index (κ1) is 19.4. The zero-order valence-electron chi connectivity index (χ0n) is 17.3. The Morgan fingerprint density at radius 2 is 1.77 bits per heavy atom. The van der Waals surface area contributed by atoms with E-state index in [9.17, 15) is 9.18 Å². The van der Waals surface area contributed by atoms with E-state index in [1.165, 1.54) is 17.7 Å². The van der Waals surface area contributed by atoms with Gasteiger partial charge in [-0.1, -0.05) is 24.3 Å². The van der Waals surface area contributed by atoms with Crippen molar-refractivity contribution in [2.75, 3.05) is 19.4 Å². The largest absolute Gasteiger partial charge is 0.377 e. The minimum absolute atomic E-state index is 0.173. The topological polar surface area (TPSA) is 73.9 Å². The third-order valence-electron chi connectivity index (χ3n) is 5.72. The number of hydrogen-bond acceptors (Lipinski definition) is 5. The molecule has 3 heterocycles. The molecular weight excluding hydrogens is 393 g/mol. The predicted molar refractivity (Wildman–Crippen MR) is 119 cm³/mol. The predicted octanol–water partition coefficient (Wildman–Crippen LogP) is 3.82. The lowest BCUT2D eigenvalue weighted by Crippen LogP contribution is -2.28. The number of rotatable bonds is 4. The molecule has 0 unspecified atom stereocenters. The van der Waals surface area contributed by atoms with Crippen molar-refractivity contribution in [2.45, 2.75) is 18.5 Å². The van der Waals surface area contributed by atoms with Crippen molar-refractivity contribution in [3.05, 3.63) is 99.5 Å². The molecule has 0 saturated heterocycles. The maximum atomic E-state index is 14.3. The van der Waals surface area contributed by atoms with Gasteiger partial charge in [0.1, 0.15) is 5.82 Å². The van der Waals surface area contributed by atoms with E-state index >= 15 is 0 Å². The maximum Gasteiger partial charge on any atom is 0.272 e. The van der Waals surface area contributed by atoms with Crippen LogP contribution in [-0.4, -0.2) is 34.2 Å². The number of aromatic amines is 1. The fraction of sp³-hybridized carbons (Fsp3) is 0.208. The number of anilines is 1. The number of H-pyrrole nitrogens is 1. The van der Waals surface area contributed by atoms with Crippen LogP contribution in [0.2, 0.25) is 0 Å². The monoisotopic (exact) mass is 415 g/mol. The van der Waals surface area contributed by atoms with E-state index in [-0.39, 0.29) is 12.0 Å². The first-order valence-corrected chi connectivity index (χ1v) is 10.1. The first-order valence-electron chi connectivity index (χ1n) is 10.1. The molecule has 2 aromatic heterocycles. The fourth-order valence-corrected chi connectivity index (χ4v) is 4.43. The minimum Gasteiger partial charge on any atom is -0.377 e. The van der Waals surface area contributed by atoms with Gasteiger partial charge < -0.3 is 10.2 Å². The lowest BCUT2D eigenvalue weighted by atomic mass is 9.80. The van der Waals surface area contributed by atoms with Crippen molar-refractivity contribution in [3.8, 4) is 0 Å². The molecular formula is C24H22FN5O. The molecule has 156 valence electrons. The van der Waals surface area contributed by atoms with Crippen molar-refractivity contribution in [3.63, 3.8) is 0 Å². The van der Waals surface area contributed by atoms with Crippen molar-refractivity contribution >= 4 is 16.5 Å². The van der Waals surface area contributed by atoms with Gasteiger partial charge in [0.15, 0.2) is 0 Å². The van der Waals surface area contributed by atoms with Gasteiger partial charge in [0.25, 0.3) is 5.56 Å². The molecule has 0 aliphatic carbocycles. The molecule has 0 bridgehead atoms. The van der Waals surface area contributed by atoms with Gasteiger partial charge >= 0.3 is 0 Å². The van der Waals surface area contributed by atoms with Crippen LogP contribution in [0.25, 0.3) is 10.8 Å². The summed E-state index contributed by atoms with van der Waals surface area (Å²) in [6, 6.07) is 14.8. The third-order valence-corrected chi connectivity index (χ3v) is 5.72. The average Bonchev–Trinajstić information content (AvgIpc) is 2.76. The highest BCUT2D eigenvalue weighted by Gasteiger charge is 2.35. The molecule has 1 aliphatic heterocycles. The van der Waals surface area contributed by atoms with Gasteiger partial charge in [-0.15, -0.1) is 0 Å². The summed E-state index contributed by atoms with van der Waals surface area (Å²) in [5.74, 6) is -0.634. The third kappa shape index (κ3) is 3.47. The van der Waals surface area contributed by atoms with Crippen LogP contribution in [-0.2, 0) is 6.54 Å². The lowest BCUT2D eigenvalue weighted by molar-refractivity contribution is 0.402. The Morgan fingerprint density at radius 1 is 1.03 bits per heavy atom. The number of aromatic nitrogens is 3. The van der Waals surface area contributed by atoms with Crippen molar-refractivity contribution in [2.24, 2.45) is 0 Å². The molecule has 31 heavy (non-hydrogen) atoms. The van der Waals surface area contributed by atoms with Crippen LogP contribution in [0.1, 0.15) is 34.3 Å². The zero-order chi connectivity index (χ0) is 21.5. The van der Waals surface area contributed by atoms with Gasteiger partial charge in [-0.2, -0.15) is 5.10 Å². The molecule has 0 radical (unpaired) electrons. The summed E-state index contributed by atoms with van der Waals surface area (Å²) in [7, 11) is 4.07. The van der Waals surface area contributed by atoms with Crippen LogP contribution >= 0.6 is 0 Å². The number of halogens is 1. The molecule has 0 amide bonds. The molecule has 0 fully saturated rings. The SMILES string of the molecule is CN(C)Cc1ccc([C@@H]2c3n[nH]c(=O)c4cc(F)cc(c34)N[C@@H]2c2ccncc2)cc1. The Kier molecular flexibility index (Phi) is 4.75. The molecule has 0 saturated carbocycles. The highest BCUT2D eigenvalue weighted by molar-refractivity contribution is 5.97. The molecule has 2 atom stereocenters. The van der Waals surface area contributed by atoms with Crippen LogP contribution in [0.4, 0.5) is 10.1 Å². The summed E-state index contributed by atoms with van der Waals surface area (Å²) in [6.45, 7) is 0.847. The summed E-state index contributed by atoms with van der Waals surface area (Å²) in [5.41, 5.74) is 4.18. The van der Waals surface area contributed by atoms with Crippen molar-refractivity contribution in [1.29, 1.82) is 0 Å². The lowest BCUT2D eigenvalue weighted by Gasteiger charge is -2.34. The summed E-state index contributed by atoms with van der Waals surface area (Å²) in [4.78, 5) is 18.6. The molecule has 7 heteroatoms. The molecule has 0 spiro atoms. The summed E-state index contributed by atoms with van der Waals surface area (Å²) >= 11 is 0. The standard InChI is InChI=1S/C24H22FN5O/c1-30(2)13-14-3-5-15(6-4-14)20-22(16-7-9-26-10-8-16)27-19-12-17(25)11-18-21(19)23(20)28-29-24(18)31/h3-12,20,22,27H,13H2,1-2H3,(H,29,31)/t20-,22+/m0/s1. The summed E-state index contributed by atoms with van der Waals surface area (Å²) in [5, 5.41) is 11.5. The van der Waals surface area contributed by atoms with Gasteiger partial charge in [-0.3, -0.25) is 9.78 Å². The number of benzene rings is 2. The highest BCUT2D eigenvalue weighted by Crippen LogP contribution is 2.46. The average molecular weight is 415 g/mol. The molecule has 5 rings (SSSR count). The maximum absolute atomic E-state index is 14.3. The van der Waals surface area contributed by atoms with E-state index in [0.717, 1.165) is 23.4 Å². The molecule has 2 N–H and O–H groups in total. The van der Waals surface area contributed by atoms with Gasteiger partial charge in [0, 0.05) is 30.0 Å². The Hall–Kier alpha value is -3.58. The van der Waals surface area contributed by atoms with Crippen LogP contribution < -0.4 is 10.9 Å². The van der Waals surface area contributed by atoms with Gasteiger partial charge in [-0.05, 0) is 55.1 Å². The second kappa shape index (κ2) is 7.59.